The lowest BCUT2D eigenvalue weighted by molar-refractivity contribution is -0.548. The highest BCUT2D eigenvalue weighted by atomic mass is 32.2. The maximum Gasteiger partial charge on any atom is 0.298 e. The molecule has 6 nitrogen and oxygen atoms in total. The SMILES string of the molecule is O=C1C(c2ccccc2)SC2C3C(O)ON=[N+]3c3ccccc3N12. The Morgan fingerprint density at radius 2 is 1.88 bits per heavy atom. The minimum absolute atomic E-state index is 0.0300. The molecule has 2 aromatic carbocycles. The van der Waals surface area contributed by atoms with Crippen LogP contribution in [0.15, 0.2) is 59.9 Å². The van der Waals surface area contributed by atoms with E-state index in [1.807, 2.05) is 54.6 Å². The van der Waals surface area contributed by atoms with E-state index in [2.05, 4.69) is 5.28 Å². The number of carbonyl (C=O) groups is 1. The highest BCUT2D eigenvalue weighted by molar-refractivity contribution is 8.01. The summed E-state index contributed by atoms with van der Waals surface area (Å²) in [6, 6.07) is 16.9. The van der Waals surface area contributed by atoms with Crippen molar-refractivity contribution < 1.29 is 19.4 Å². The summed E-state index contributed by atoms with van der Waals surface area (Å²) in [6.07, 6.45) is -1.05. The Kier molecular flexibility index (Phi) is 2.95. The molecule has 3 aliphatic heterocycles. The quantitative estimate of drug-likeness (QED) is 0.811. The van der Waals surface area contributed by atoms with Gasteiger partial charge in [0.15, 0.2) is 10.7 Å². The van der Waals surface area contributed by atoms with Crippen molar-refractivity contribution in [2.75, 3.05) is 4.90 Å². The van der Waals surface area contributed by atoms with Crippen molar-refractivity contribution >= 4 is 29.0 Å². The van der Waals surface area contributed by atoms with Crippen molar-refractivity contribution in [3.05, 3.63) is 60.2 Å². The molecule has 1 amide bonds. The molecule has 4 atom stereocenters. The lowest BCUT2D eigenvalue weighted by Crippen LogP contribution is -2.51. The number of amides is 1. The average Bonchev–Trinajstić information content (AvgIpc) is 3.17. The van der Waals surface area contributed by atoms with Crippen LogP contribution in [0, 0.1) is 0 Å². The van der Waals surface area contributed by atoms with Gasteiger partial charge in [0.1, 0.15) is 10.9 Å². The van der Waals surface area contributed by atoms with Gasteiger partial charge in [0.25, 0.3) is 18.0 Å². The zero-order valence-corrected chi connectivity index (χ0v) is 13.3. The van der Waals surface area contributed by atoms with E-state index in [1.54, 1.807) is 9.60 Å². The Bertz CT molecular complexity index is 857. The van der Waals surface area contributed by atoms with E-state index in [0.29, 0.717) is 0 Å². The molecular formula is C17H14N3O3S+. The predicted molar refractivity (Wildman–Crippen MR) is 87.7 cm³/mol. The highest BCUT2D eigenvalue weighted by Crippen LogP contribution is 2.53. The fraction of sp³-hybridized carbons (Fsp3) is 0.235. The van der Waals surface area contributed by atoms with E-state index in [-0.39, 0.29) is 16.5 Å². The summed E-state index contributed by atoms with van der Waals surface area (Å²) < 4.78 is 1.69. The second-order valence-electron chi connectivity index (χ2n) is 5.93. The molecule has 0 radical (unpaired) electrons. The molecule has 24 heavy (non-hydrogen) atoms. The van der Waals surface area contributed by atoms with Gasteiger partial charge in [0.2, 0.25) is 5.91 Å². The van der Waals surface area contributed by atoms with Crippen LogP contribution in [0.1, 0.15) is 10.8 Å². The maximum atomic E-state index is 13.1. The molecule has 7 heteroatoms. The van der Waals surface area contributed by atoms with Crippen molar-refractivity contribution in [3.63, 3.8) is 0 Å². The number of hydrogen-bond acceptors (Lipinski definition) is 5. The number of aliphatic hydroxyl groups is 1. The molecule has 0 spiro atoms. The van der Waals surface area contributed by atoms with Gasteiger partial charge < -0.3 is 9.94 Å². The third-order valence-corrected chi connectivity index (χ3v) is 6.11. The minimum Gasteiger partial charge on any atom is -0.351 e. The third-order valence-electron chi connectivity index (χ3n) is 4.59. The first-order chi connectivity index (χ1) is 11.8. The maximum absolute atomic E-state index is 13.1. The van der Waals surface area contributed by atoms with E-state index in [1.165, 1.54) is 11.8 Å². The molecule has 3 heterocycles. The number of fused-ring (bicyclic) bond motifs is 6. The van der Waals surface area contributed by atoms with Gasteiger partial charge in [-0.05, 0) is 16.3 Å². The van der Waals surface area contributed by atoms with E-state index >= 15 is 0 Å². The molecule has 120 valence electrons. The second-order valence-corrected chi connectivity index (χ2v) is 7.15. The van der Waals surface area contributed by atoms with E-state index in [0.717, 1.165) is 16.9 Å². The Balaban J connectivity index is 1.65. The van der Waals surface area contributed by atoms with Gasteiger partial charge in [0.05, 0.1) is 0 Å². The largest absolute Gasteiger partial charge is 0.351 e. The molecule has 1 saturated heterocycles. The minimum atomic E-state index is -1.05. The number of benzene rings is 2. The van der Waals surface area contributed by atoms with Gasteiger partial charge in [-0.25, -0.2) is 0 Å². The van der Waals surface area contributed by atoms with Crippen molar-refractivity contribution in [1.29, 1.82) is 0 Å². The molecule has 4 unspecified atom stereocenters. The van der Waals surface area contributed by atoms with E-state index in [9.17, 15) is 9.90 Å². The fourth-order valence-corrected chi connectivity index (χ4v) is 5.09. The van der Waals surface area contributed by atoms with E-state index in [4.69, 9.17) is 4.84 Å². The monoisotopic (exact) mass is 340 g/mol. The number of thioether (sulfide) groups is 1. The topological polar surface area (TPSA) is 65.1 Å². The second kappa shape index (κ2) is 5.06. The number of hydrogen-bond donors (Lipinski definition) is 1. The summed E-state index contributed by atoms with van der Waals surface area (Å²) in [5.41, 5.74) is 2.55. The Hall–Kier alpha value is -2.38. The standard InChI is InChI=1S/C17H14N3O3S/c21-15-14(10-6-2-1-3-7-10)24-16-13-17(22)23-18-20(13)12-9-5-4-8-11(12)19(15)16/h1-9,13-14,16-17,22H/q+1. The molecule has 2 aromatic rings. The summed E-state index contributed by atoms with van der Waals surface area (Å²) in [7, 11) is 0. The summed E-state index contributed by atoms with van der Waals surface area (Å²) in [6.45, 7) is 0. The normalized spacial score (nSPS) is 30.3. The molecule has 0 saturated carbocycles. The van der Waals surface area contributed by atoms with Crippen LogP contribution >= 0.6 is 11.8 Å². The van der Waals surface area contributed by atoms with Crippen LogP contribution < -0.4 is 4.90 Å². The number of carbonyl (C=O) groups excluding carboxylic acids is 1. The first-order valence-corrected chi connectivity index (χ1v) is 8.66. The molecular weight excluding hydrogens is 326 g/mol. The van der Waals surface area contributed by atoms with Gasteiger partial charge >= 0.3 is 0 Å². The van der Waals surface area contributed by atoms with Gasteiger partial charge in [0, 0.05) is 6.07 Å². The third kappa shape index (κ3) is 1.79. The van der Waals surface area contributed by atoms with Crippen LogP contribution in [0.25, 0.3) is 0 Å². The van der Waals surface area contributed by atoms with Crippen molar-refractivity contribution in [1.82, 2.24) is 0 Å². The van der Waals surface area contributed by atoms with Crippen LogP contribution in [0.3, 0.4) is 0 Å². The number of para-hydroxylation sites is 2. The van der Waals surface area contributed by atoms with Crippen LogP contribution in [0.5, 0.6) is 0 Å². The zero-order chi connectivity index (χ0) is 16.3. The van der Waals surface area contributed by atoms with Crippen molar-refractivity contribution in [2.24, 2.45) is 5.28 Å². The molecule has 3 aliphatic rings. The lowest BCUT2D eigenvalue weighted by Gasteiger charge is -2.29. The molecule has 0 aliphatic carbocycles. The molecule has 5 rings (SSSR count). The van der Waals surface area contributed by atoms with Crippen LogP contribution in [0.2, 0.25) is 0 Å². The first-order valence-electron chi connectivity index (χ1n) is 7.72. The van der Waals surface area contributed by atoms with Crippen LogP contribution in [0.4, 0.5) is 11.4 Å². The Labute approximate surface area is 142 Å². The predicted octanol–water partition coefficient (Wildman–Crippen LogP) is 2.58. The van der Waals surface area contributed by atoms with Crippen LogP contribution in [-0.2, 0) is 9.63 Å². The molecule has 0 aromatic heterocycles. The molecule has 0 bridgehead atoms. The lowest BCUT2D eigenvalue weighted by atomic mass is 10.1. The summed E-state index contributed by atoms with van der Waals surface area (Å²) in [5.74, 6) is 0.0300. The molecule has 1 N–H and O–H groups in total. The summed E-state index contributed by atoms with van der Waals surface area (Å²) >= 11 is 1.53. The van der Waals surface area contributed by atoms with E-state index < -0.39 is 12.3 Å². The molecule has 1 fully saturated rings. The summed E-state index contributed by atoms with van der Waals surface area (Å²) in [5, 5.41) is 13.7. The van der Waals surface area contributed by atoms with Gasteiger partial charge in [-0.1, -0.05) is 42.5 Å². The van der Waals surface area contributed by atoms with Gasteiger partial charge in [-0.2, -0.15) is 0 Å². The van der Waals surface area contributed by atoms with Gasteiger partial charge in [-0.15, -0.1) is 11.8 Å². The number of aliphatic hydroxyl groups excluding tert-OH is 1. The van der Waals surface area contributed by atoms with Crippen molar-refractivity contribution in [2.45, 2.75) is 23.0 Å². The average molecular weight is 340 g/mol. The Morgan fingerprint density at radius 1 is 1.12 bits per heavy atom. The first kappa shape index (κ1) is 14.0. The van der Waals surface area contributed by atoms with Crippen molar-refractivity contribution in [3.8, 4) is 0 Å². The zero-order valence-electron chi connectivity index (χ0n) is 12.5. The fourth-order valence-electron chi connectivity index (χ4n) is 3.51. The van der Waals surface area contributed by atoms with Gasteiger partial charge in [-0.3, -0.25) is 9.69 Å². The number of anilines is 1. The number of rotatable bonds is 1. The van der Waals surface area contributed by atoms with Crippen LogP contribution in [-0.4, -0.2) is 33.4 Å². The summed E-state index contributed by atoms with van der Waals surface area (Å²) in [4.78, 5) is 20.0. The smallest absolute Gasteiger partial charge is 0.298 e. The highest BCUT2D eigenvalue weighted by Gasteiger charge is 2.61. The Morgan fingerprint density at radius 3 is 2.71 bits per heavy atom. The number of nitrogens with zero attached hydrogens (tertiary/aromatic N) is 3.